The Hall–Kier alpha value is -2.03. The van der Waals surface area contributed by atoms with Gasteiger partial charge in [0.15, 0.2) is 5.16 Å². The Morgan fingerprint density at radius 2 is 1.81 bits per heavy atom. The SMILES string of the molecule is Cn1cnnc1Sc1ccc(NS(=O)(=O)c2ccc(CCCCl)cc2)cc1. The zero-order chi connectivity index (χ0) is 19.3. The van der Waals surface area contributed by atoms with Crippen molar-refractivity contribution in [2.24, 2.45) is 7.05 Å². The number of rotatable bonds is 8. The van der Waals surface area contributed by atoms with Crippen molar-refractivity contribution >= 4 is 39.1 Å². The lowest BCUT2D eigenvalue weighted by molar-refractivity contribution is 0.601. The number of aryl methyl sites for hydroxylation is 2. The lowest BCUT2D eigenvalue weighted by Gasteiger charge is -2.09. The van der Waals surface area contributed by atoms with Gasteiger partial charge in [-0.1, -0.05) is 12.1 Å². The van der Waals surface area contributed by atoms with Crippen molar-refractivity contribution in [3.63, 3.8) is 0 Å². The molecule has 0 fully saturated rings. The van der Waals surface area contributed by atoms with Crippen molar-refractivity contribution in [2.75, 3.05) is 10.6 Å². The van der Waals surface area contributed by atoms with Crippen molar-refractivity contribution in [3.8, 4) is 0 Å². The third-order valence-electron chi connectivity index (χ3n) is 3.82. The zero-order valence-electron chi connectivity index (χ0n) is 14.7. The minimum absolute atomic E-state index is 0.231. The summed E-state index contributed by atoms with van der Waals surface area (Å²) in [5, 5.41) is 8.61. The molecule has 1 N–H and O–H groups in total. The first kappa shape index (κ1) is 19.7. The van der Waals surface area contributed by atoms with Gasteiger partial charge in [0.1, 0.15) is 6.33 Å². The zero-order valence-corrected chi connectivity index (χ0v) is 17.1. The van der Waals surface area contributed by atoms with E-state index in [4.69, 9.17) is 11.6 Å². The van der Waals surface area contributed by atoms with Crippen LogP contribution in [0.2, 0.25) is 0 Å². The fourth-order valence-corrected chi connectivity index (χ4v) is 4.34. The number of benzene rings is 2. The molecule has 27 heavy (non-hydrogen) atoms. The van der Waals surface area contributed by atoms with E-state index < -0.39 is 10.0 Å². The van der Waals surface area contributed by atoms with Gasteiger partial charge in [0, 0.05) is 23.5 Å². The monoisotopic (exact) mass is 422 g/mol. The average Bonchev–Trinajstić information content (AvgIpc) is 3.06. The van der Waals surface area contributed by atoms with Gasteiger partial charge < -0.3 is 4.57 Å². The standard InChI is InChI=1S/C18H19ClN4O2S2/c1-23-13-20-21-18(23)26-16-8-6-15(7-9-16)22-27(24,25)17-10-4-14(5-11-17)3-2-12-19/h4-11,13,22H,2-3,12H2,1H3. The highest BCUT2D eigenvalue weighted by molar-refractivity contribution is 7.99. The summed E-state index contributed by atoms with van der Waals surface area (Å²) in [6.07, 6.45) is 3.33. The van der Waals surface area contributed by atoms with Crippen LogP contribution in [-0.4, -0.2) is 29.1 Å². The summed E-state index contributed by atoms with van der Waals surface area (Å²) in [6.45, 7) is 0. The Morgan fingerprint density at radius 1 is 1.11 bits per heavy atom. The predicted octanol–water partition coefficient (Wildman–Crippen LogP) is 3.94. The van der Waals surface area contributed by atoms with E-state index in [1.165, 1.54) is 11.8 Å². The van der Waals surface area contributed by atoms with Crippen molar-refractivity contribution in [1.29, 1.82) is 0 Å². The molecule has 142 valence electrons. The van der Waals surface area contributed by atoms with Gasteiger partial charge in [0.2, 0.25) is 0 Å². The fourth-order valence-electron chi connectivity index (χ4n) is 2.38. The highest BCUT2D eigenvalue weighted by Gasteiger charge is 2.14. The predicted molar refractivity (Wildman–Crippen MR) is 108 cm³/mol. The Bertz CT molecular complexity index is 987. The lowest BCUT2D eigenvalue weighted by atomic mass is 10.1. The number of aromatic nitrogens is 3. The molecule has 0 aliphatic heterocycles. The smallest absolute Gasteiger partial charge is 0.261 e. The molecule has 1 aromatic heterocycles. The van der Waals surface area contributed by atoms with Crippen molar-refractivity contribution in [3.05, 3.63) is 60.4 Å². The molecule has 9 heteroatoms. The second kappa shape index (κ2) is 8.77. The molecule has 0 saturated heterocycles. The van der Waals surface area contributed by atoms with Crippen LogP contribution in [0.25, 0.3) is 0 Å². The molecule has 0 atom stereocenters. The molecular formula is C18H19ClN4O2S2. The van der Waals surface area contributed by atoms with Gasteiger partial charge in [-0.25, -0.2) is 8.42 Å². The first-order valence-electron chi connectivity index (χ1n) is 8.27. The average molecular weight is 423 g/mol. The topological polar surface area (TPSA) is 76.9 Å². The summed E-state index contributed by atoms with van der Waals surface area (Å²) in [7, 11) is -1.76. The second-order valence-corrected chi connectivity index (χ2v) is 8.99. The van der Waals surface area contributed by atoms with E-state index in [9.17, 15) is 8.42 Å². The van der Waals surface area contributed by atoms with Gasteiger partial charge in [-0.05, 0) is 66.6 Å². The Balaban J connectivity index is 1.67. The molecule has 0 aliphatic carbocycles. The molecule has 3 aromatic rings. The number of anilines is 1. The van der Waals surface area contributed by atoms with Crippen LogP contribution in [0.1, 0.15) is 12.0 Å². The molecule has 0 aliphatic rings. The van der Waals surface area contributed by atoms with Crippen LogP contribution >= 0.6 is 23.4 Å². The largest absolute Gasteiger partial charge is 0.311 e. The summed E-state index contributed by atoms with van der Waals surface area (Å²) in [6, 6.07) is 14.0. The fraction of sp³-hybridized carbons (Fsp3) is 0.222. The van der Waals surface area contributed by atoms with Gasteiger partial charge in [-0.3, -0.25) is 4.72 Å². The van der Waals surface area contributed by atoms with E-state index >= 15 is 0 Å². The lowest BCUT2D eigenvalue weighted by Crippen LogP contribution is -2.12. The van der Waals surface area contributed by atoms with E-state index in [2.05, 4.69) is 14.9 Å². The summed E-state index contributed by atoms with van der Waals surface area (Å²) in [5.41, 5.74) is 1.57. The molecule has 2 aromatic carbocycles. The van der Waals surface area contributed by atoms with Gasteiger partial charge in [-0.2, -0.15) is 0 Å². The van der Waals surface area contributed by atoms with Crippen LogP contribution < -0.4 is 4.72 Å². The van der Waals surface area contributed by atoms with Gasteiger partial charge in [-0.15, -0.1) is 21.8 Å². The van der Waals surface area contributed by atoms with Crippen LogP contribution in [0.5, 0.6) is 0 Å². The van der Waals surface area contributed by atoms with Crippen LogP contribution in [0.4, 0.5) is 5.69 Å². The molecule has 6 nitrogen and oxygen atoms in total. The number of nitrogens with zero attached hydrogens (tertiary/aromatic N) is 3. The van der Waals surface area contributed by atoms with E-state index in [-0.39, 0.29) is 4.90 Å². The molecule has 1 heterocycles. The van der Waals surface area contributed by atoms with Crippen molar-refractivity contribution in [2.45, 2.75) is 27.8 Å². The molecular weight excluding hydrogens is 404 g/mol. The first-order valence-corrected chi connectivity index (χ1v) is 11.1. The van der Waals surface area contributed by atoms with Crippen LogP contribution in [0, 0.1) is 0 Å². The third kappa shape index (κ3) is 5.24. The molecule has 3 rings (SSSR count). The molecule has 0 spiro atoms. The summed E-state index contributed by atoms with van der Waals surface area (Å²) < 4.78 is 29.5. The number of hydrogen-bond acceptors (Lipinski definition) is 5. The van der Waals surface area contributed by atoms with Crippen LogP contribution in [0.3, 0.4) is 0 Å². The number of nitrogens with one attached hydrogen (secondary N) is 1. The van der Waals surface area contributed by atoms with E-state index in [0.29, 0.717) is 11.6 Å². The maximum atomic E-state index is 12.6. The summed E-state index contributed by atoms with van der Waals surface area (Å²) in [4.78, 5) is 1.17. The quantitative estimate of drug-likeness (QED) is 0.556. The number of sulfonamides is 1. The molecule has 0 unspecified atom stereocenters. The van der Waals surface area contributed by atoms with Crippen molar-refractivity contribution in [1.82, 2.24) is 14.8 Å². The van der Waals surface area contributed by atoms with Crippen LogP contribution in [0.15, 0.2) is 69.8 Å². The molecule has 0 amide bonds. The number of halogens is 1. The second-order valence-electron chi connectivity index (χ2n) is 5.89. The molecule has 0 bridgehead atoms. The Kier molecular flexibility index (Phi) is 6.41. The summed E-state index contributed by atoms with van der Waals surface area (Å²) in [5.74, 6) is 0.590. The van der Waals surface area contributed by atoms with Crippen LogP contribution in [-0.2, 0) is 23.5 Å². The van der Waals surface area contributed by atoms with Gasteiger partial charge in [0.25, 0.3) is 10.0 Å². The first-order chi connectivity index (χ1) is 13.0. The van der Waals surface area contributed by atoms with Crippen molar-refractivity contribution < 1.29 is 8.42 Å². The minimum atomic E-state index is -3.63. The highest BCUT2D eigenvalue weighted by atomic mass is 35.5. The van der Waals surface area contributed by atoms with Gasteiger partial charge in [0.05, 0.1) is 4.90 Å². The van der Waals surface area contributed by atoms with E-state index in [1.807, 2.05) is 35.9 Å². The summed E-state index contributed by atoms with van der Waals surface area (Å²) >= 11 is 7.14. The normalized spacial score (nSPS) is 11.5. The number of hydrogen-bond donors (Lipinski definition) is 1. The Morgan fingerprint density at radius 3 is 2.41 bits per heavy atom. The maximum absolute atomic E-state index is 12.6. The van der Waals surface area contributed by atoms with Gasteiger partial charge >= 0.3 is 0 Å². The Labute approximate surface area is 168 Å². The highest BCUT2D eigenvalue weighted by Crippen LogP contribution is 2.27. The maximum Gasteiger partial charge on any atom is 0.261 e. The molecule has 0 saturated carbocycles. The van der Waals surface area contributed by atoms with E-state index in [0.717, 1.165) is 28.5 Å². The minimum Gasteiger partial charge on any atom is -0.311 e. The number of alkyl halides is 1. The molecule has 0 radical (unpaired) electrons. The third-order valence-corrected chi connectivity index (χ3v) is 6.54. The van der Waals surface area contributed by atoms with E-state index in [1.54, 1.807) is 30.6 Å².